The van der Waals surface area contributed by atoms with Crippen LogP contribution >= 0.6 is 0 Å². The normalized spacial score (nSPS) is 15.0. The van der Waals surface area contributed by atoms with Crippen molar-refractivity contribution in [3.05, 3.63) is 53.6 Å². The van der Waals surface area contributed by atoms with Crippen molar-refractivity contribution in [3.8, 4) is 23.0 Å². The van der Waals surface area contributed by atoms with Gasteiger partial charge in [-0.1, -0.05) is 6.07 Å². The van der Waals surface area contributed by atoms with Gasteiger partial charge in [0.15, 0.2) is 23.0 Å². The fraction of sp³-hybridized carbons (Fsp3) is 0.318. The minimum Gasteiger partial charge on any atom is -0.493 e. The molecule has 0 saturated carbocycles. The second kappa shape index (κ2) is 7.35. The summed E-state index contributed by atoms with van der Waals surface area (Å²) < 4.78 is 27.8. The SMILES string of the molecule is COc1ccc(C2=CC(c3ccc(OC)c(OC)c3)=[O+]C2(C)C)cc1OC. The topological polar surface area (TPSA) is 48.2 Å². The minimum absolute atomic E-state index is 0.484. The van der Waals surface area contributed by atoms with Gasteiger partial charge in [-0.2, -0.15) is 0 Å². The van der Waals surface area contributed by atoms with Gasteiger partial charge in [0.1, 0.15) is 0 Å². The molecule has 0 bridgehead atoms. The van der Waals surface area contributed by atoms with Crippen LogP contribution in [-0.4, -0.2) is 39.8 Å². The molecule has 2 aromatic carbocycles. The molecule has 1 aliphatic rings. The zero-order chi connectivity index (χ0) is 19.6. The first-order chi connectivity index (χ1) is 12.9. The maximum atomic E-state index is 6.26. The summed E-state index contributed by atoms with van der Waals surface area (Å²) in [7, 11) is 6.50. The zero-order valence-electron chi connectivity index (χ0n) is 16.6. The number of benzene rings is 2. The molecule has 5 nitrogen and oxygen atoms in total. The third-order valence-corrected chi connectivity index (χ3v) is 4.65. The van der Waals surface area contributed by atoms with Crippen LogP contribution in [0.25, 0.3) is 5.57 Å². The van der Waals surface area contributed by atoms with Crippen molar-refractivity contribution in [1.29, 1.82) is 0 Å². The molecule has 0 aliphatic carbocycles. The van der Waals surface area contributed by atoms with Crippen LogP contribution in [0.5, 0.6) is 23.0 Å². The highest BCUT2D eigenvalue weighted by atomic mass is 16.5. The molecular formula is C22H25O5+. The Bertz CT molecular complexity index is 909. The molecular weight excluding hydrogens is 344 g/mol. The molecule has 27 heavy (non-hydrogen) atoms. The molecule has 0 N–H and O–H groups in total. The van der Waals surface area contributed by atoms with E-state index in [2.05, 4.69) is 6.08 Å². The Labute approximate surface area is 159 Å². The molecule has 0 spiro atoms. The molecule has 1 heterocycles. The average Bonchev–Trinajstić information content (AvgIpc) is 3.01. The number of hydrogen-bond donors (Lipinski definition) is 0. The molecule has 3 rings (SSSR count). The predicted molar refractivity (Wildman–Crippen MR) is 105 cm³/mol. The van der Waals surface area contributed by atoms with E-state index in [1.807, 2.05) is 50.2 Å². The maximum Gasteiger partial charge on any atom is 0.352 e. The highest BCUT2D eigenvalue weighted by Gasteiger charge is 2.43. The van der Waals surface area contributed by atoms with E-state index < -0.39 is 5.60 Å². The standard InChI is InChI=1S/C22H25O5/c1-22(2)16(14-7-9-17(23-3)20(11-14)25-5)13-19(27-22)15-8-10-18(24-4)21(12-15)26-6/h7-13H,1-6H3/q+1. The quantitative estimate of drug-likeness (QED) is 0.712. The lowest BCUT2D eigenvalue weighted by atomic mass is 9.91. The number of allylic oxidation sites excluding steroid dienone is 1. The van der Waals surface area contributed by atoms with E-state index in [1.165, 1.54) is 0 Å². The molecule has 2 aromatic rings. The number of ether oxygens (including phenoxy) is 4. The summed E-state index contributed by atoms with van der Waals surface area (Å²) in [4.78, 5) is 0. The Kier molecular flexibility index (Phi) is 5.13. The van der Waals surface area contributed by atoms with Gasteiger partial charge < -0.3 is 18.9 Å². The summed E-state index contributed by atoms with van der Waals surface area (Å²) in [6.45, 7) is 4.09. The van der Waals surface area contributed by atoms with Gasteiger partial charge in [-0.25, -0.2) is 4.42 Å². The van der Waals surface area contributed by atoms with E-state index in [4.69, 9.17) is 23.4 Å². The number of ketones is 1. The van der Waals surface area contributed by atoms with Crippen molar-refractivity contribution in [2.24, 2.45) is 0 Å². The second-order valence-electron chi connectivity index (χ2n) is 6.67. The Morgan fingerprint density at radius 3 is 1.67 bits per heavy atom. The molecule has 5 heteroatoms. The summed E-state index contributed by atoms with van der Waals surface area (Å²) in [5.74, 6) is 3.51. The Balaban J connectivity index is 2.03. The van der Waals surface area contributed by atoms with E-state index in [-0.39, 0.29) is 0 Å². The number of carbonyl (C=O) groups excluding carboxylic acids is 1. The summed E-state index contributed by atoms with van der Waals surface area (Å²) in [5.41, 5.74) is 2.53. The smallest absolute Gasteiger partial charge is 0.352 e. The lowest BCUT2D eigenvalue weighted by Crippen LogP contribution is -2.17. The molecule has 142 valence electrons. The van der Waals surface area contributed by atoms with Crippen LogP contribution < -0.4 is 18.9 Å². The molecule has 0 radical (unpaired) electrons. The van der Waals surface area contributed by atoms with Crippen LogP contribution in [0.1, 0.15) is 29.4 Å². The van der Waals surface area contributed by atoms with E-state index in [9.17, 15) is 0 Å². The van der Waals surface area contributed by atoms with Gasteiger partial charge >= 0.3 is 11.4 Å². The van der Waals surface area contributed by atoms with Crippen molar-refractivity contribution in [2.45, 2.75) is 19.4 Å². The molecule has 0 unspecified atom stereocenters. The first kappa shape index (κ1) is 18.8. The maximum absolute atomic E-state index is 6.26. The van der Waals surface area contributed by atoms with Crippen molar-refractivity contribution in [3.63, 3.8) is 0 Å². The van der Waals surface area contributed by atoms with E-state index in [1.54, 1.807) is 28.4 Å². The van der Waals surface area contributed by atoms with Crippen molar-refractivity contribution in [2.75, 3.05) is 28.4 Å². The molecule has 0 amide bonds. The average molecular weight is 369 g/mol. The van der Waals surface area contributed by atoms with Gasteiger partial charge in [-0.15, -0.1) is 0 Å². The lowest BCUT2D eigenvalue weighted by Gasteiger charge is -2.13. The van der Waals surface area contributed by atoms with Crippen LogP contribution in [0.3, 0.4) is 0 Å². The molecule has 0 atom stereocenters. The van der Waals surface area contributed by atoms with Gasteiger partial charge in [0, 0.05) is 19.9 Å². The van der Waals surface area contributed by atoms with Gasteiger partial charge in [-0.3, -0.25) is 0 Å². The monoisotopic (exact) mass is 369 g/mol. The Morgan fingerprint density at radius 1 is 0.667 bits per heavy atom. The van der Waals surface area contributed by atoms with Crippen LogP contribution in [0.15, 0.2) is 42.5 Å². The van der Waals surface area contributed by atoms with Crippen molar-refractivity contribution in [1.82, 2.24) is 0 Å². The summed E-state index contributed by atoms with van der Waals surface area (Å²) >= 11 is 0. The second-order valence-corrected chi connectivity index (χ2v) is 6.67. The summed E-state index contributed by atoms with van der Waals surface area (Å²) in [6, 6.07) is 11.6. The molecule has 0 aromatic heterocycles. The first-order valence-corrected chi connectivity index (χ1v) is 8.66. The third kappa shape index (κ3) is 3.50. The van der Waals surface area contributed by atoms with E-state index in [0.29, 0.717) is 23.0 Å². The fourth-order valence-corrected chi connectivity index (χ4v) is 3.23. The van der Waals surface area contributed by atoms with Crippen molar-refractivity contribution < 1.29 is 23.4 Å². The highest BCUT2D eigenvalue weighted by Crippen LogP contribution is 2.39. The largest absolute Gasteiger partial charge is 0.493 e. The van der Waals surface area contributed by atoms with Gasteiger partial charge in [0.05, 0.1) is 45.7 Å². The van der Waals surface area contributed by atoms with Crippen LogP contribution in [0.4, 0.5) is 0 Å². The number of rotatable bonds is 6. The first-order valence-electron chi connectivity index (χ1n) is 8.66. The van der Waals surface area contributed by atoms with E-state index >= 15 is 0 Å². The molecule has 1 aliphatic heterocycles. The summed E-state index contributed by atoms with van der Waals surface area (Å²) in [5, 5.41) is 0. The Morgan fingerprint density at radius 2 is 1.15 bits per heavy atom. The number of methoxy groups -OCH3 is 4. The van der Waals surface area contributed by atoms with Gasteiger partial charge in [0.2, 0.25) is 0 Å². The third-order valence-electron chi connectivity index (χ3n) is 4.65. The van der Waals surface area contributed by atoms with Crippen LogP contribution in [0.2, 0.25) is 0 Å². The van der Waals surface area contributed by atoms with Crippen LogP contribution in [-0.2, 0) is 0 Å². The number of hydrogen-bond acceptors (Lipinski definition) is 4. The molecule has 0 saturated heterocycles. The van der Waals surface area contributed by atoms with Crippen LogP contribution in [0, 0.1) is 0 Å². The Hall–Kier alpha value is -2.95. The van der Waals surface area contributed by atoms with E-state index in [0.717, 1.165) is 22.5 Å². The minimum atomic E-state index is -0.484. The predicted octanol–water partition coefficient (Wildman–Crippen LogP) is 4.32. The lowest BCUT2D eigenvalue weighted by molar-refractivity contribution is -0.344. The summed E-state index contributed by atoms with van der Waals surface area (Å²) in [6.07, 6.45) is 2.06. The fourth-order valence-electron chi connectivity index (χ4n) is 3.23. The van der Waals surface area contributed by atoms with Gasteiger partial charge in [-0.05, 0) is 29.8 Å². The molecule has 0 fully saturated rings. The highest BCUT2D eigenvalue weighted by molar-refractivity contribution is 6.11. The van der Waals surface area contributed by atoms with Gasteiger partial charge in [0.25, 0.3) is 0 Å². The van der Waals surface area contributed by atoms with Crippen molar-refractivity contribution >= 4 is 11.4 Å². The zero-order valence-corrected chi connectivity index (χ0v) is 16.6.